The molecule has 0 atom stereocenters. The summed E-state index contributed by atoms with van der Waals surface area (Å²) < 4.78 is 28.3. The van der Waals surface area contributed by atoms with Crippen molar-refractivity contribution in [2.45, 2.75) is 0 Å². The number of hydrogen-bond donors (Lipinski definition) is 1. The summed E-state index contributed by atoms with van der Waals surface area (Å²) in [6.45, 7) is 0. The highest BCUT2D eigenvalue weighted by atomic mass is 19.1. The fraction of sp³-hybridized carbons (Fsp3) is 0. The van der Waals surface area contributed by atoms with Crippen LogP contribution in [0.15, 0.2) is 61.2 Å². The van der Waals surface area contributed by atoms with Crippen LogP contribution in [-0.2, 0) is 0 Å². The van der Waals surface area contributed by atoms with Crippen LogP contribution in [0.5, 0.6) is 0 Å². The minimum Gasteiger partial charge on any atom is -0.320 e. The molecule has 2 aromatic carbocycles. The molecule has 3 rings (SSSR count). The van der Waals surface area contributed by atoms with E-state index < -0.39 is 17.5 Å². The number of nitrogens with zero attached hydrogens (tertiary/aromatic N) is 2. The Morgan fingerprint density at radius 1 is 1.14 bits per heavy atom. The van der Waals surface area contributed by atoms with E-state index in [4.69, 9.17) is 0 Å². The van der Waals surface area contributed by atoms with Gasteiger partial charge >= 0.3 is 0 Å². The lowest BCUT2D eigenvalue weighted by atomic mass is 10.2. The quantitative estimate of drug-likeness (QED) is 0.805. The molecule has 22 heavy (non-hydrogen) atoms. The zero-order chi connectivity index (χ0) is 15.5. The van der Waals surface area contributed by atoms with Crippen molar-refractivity contribution >= 4 is 11.6 Å². The molecule has 4 nitrogen and oxygen atoms in total. The molecule has 0 radical (unpaired) electrons. The highest BCUT2D eigenvalue weighted by molar-refractivity contribution is 6.05. The number of anilines is 1. The van der Waals surface area contributed by atoms with Crippen LogP contribution >= 0.6 is 0 Å². The van der Waals surface area contributed by atoms with Crippen LogP contribution in [-0.4, -0.2) is 15.5 Å². The molecule has 0 fully saturated rings. The average Bonchev–Trinajstić information content (AvgIpc) is 3.01. The normalized spacial score (nSPS) is 10.5. The lowest BCUT2D eigenvalue weighted by Crippen LogP contribution is -2.15. The maximum atomic E-state index is 13.7. The van der Waals surface area contributed by atoms with Crippen molar-refractivity contribution in [2.24, 2.45) is 0 Å². The van der Waals surface area contributed by atoms with Gasteiger partial charge in [-0.05, 0) is 24.3 Å². The molecule has 0 spiro atoms. The van der Waals surface area contributed by atoms with Gasteiger partial charge in [-0.15, -0.1) is 0 Å². The number of hydrogen-bond acceptors (Lipinski definition) is 2. The number of halogens is 2. The summed E-state index contributed by atoms with van der Waals surface area (Å²) in [4.78, 5) is 16.1. The Hall–Kier alpha value is -3.02. The van der Waals surface area contributed by atoms with E-state index in [9.17, 15) is 13.6 Å². The third-order valence-corrected chi connectivity index (χ3v) is 3.11. The number of aromatic nitrogens is 2. The van der Waals surface area contributed by atoms with E-state index in [0.29, 0.717) is 17.4 Å². The van der Waals surface area contributed by atoms with E-state index in [1.807, 2.05) is 6.07 Å². The Morgan fingerprint density at radius 3 is 2.68 bits per heavy atom. The molecule has 0 unspecified atom stereocenters. The highest BCUT2D eigenvalue weighted by Crippen LogP contribution is 2.21. The predicted octanol–water partition coefficient (Wildman–Crippen LogP) is 3.40. The first-order chi connectivity index (χ1) is 10.6. The van der Waals surface area contributed by atoms with Crippen LogP contribution in [0.2, 0.25) is 0 Å². The van der Waals surface area contributed by atoms with Gasteiger partial charge in [0.15, 0.2) is 0 Å². The van der Waals surface area contributed by atoms with Crippen LogP contribution in [0, 0.1) is 11.6 Å². The fourth-order valence-corrected chi connectivity index (χ4v) is 2.07. The number of carbonyl (C=O) groups is 1. The van der Waals surface area contributed by atoms with Crippen molar-refractivity contribution in [1.82, 2.24) is 9.55 Å². The van der Waals surface area contributed by atoms with Gasteiger partial charge in [-0.3, -0.25) is 4.79 Å². The molecule has 1 N–H and O–H groups in total. The first-order valence-electron chi connectivity index (χ1n) is 6.49. The second kappa shape index (κ2) is 5.77. The maximum Gasteiger partial charge on any atom is 0.258 e. The molecule has 3 aromatic rings. The van der Waals surface area contributed by atoms with Gasteiger partial charge in [-0.25, -0.2) is 13.8 Å². The lowest BCUT2D eigenvalue weighted by molar-refractivity contribution is 0.102. The summed E-state index contributed by atoms with van der Waals surface area (Å²) in [7, 11) is 0. The van der Waals surface area contributed by atoms with Crippen molar-refractivity contribution in [3.8, 4) is 5.69 Å². The van der Waals surface area contributed by atoms with E-state index in [-0.39, 0.29) is 5.56 Å². The zero-order valence-corrected chi connectivity index (χ0v) is 11.3. The molecule has 110 valence electrons. The number of imidazole rings is 1. The molecular formula is C16H11F2N3O. The molecule has 0 bridgehead atoms. The predicted molar refractivity (Wildman–Crippen MR) is 77.9 cm³/mol. The minimum absolute atomic E-state index is 0.221. The molecule has 0 aliphatic heterocycles. The van der Waals surface area contributed by atoms with Crippen LogP contribution < -0.4 is 5.32 Å². The number of nitrogens with one attached hydrogen (secondary N) is 1. The molecule has 0 saturated carbocycles. The van der Waals surface area contributed by atoms with E-state index in [2.05, 4.69) is 10.3 Å². The van der Waals surface area contributed by atoms with Gasteiger partial charge in [0.25, 0.3) is 5.91 Å². The number of rotatable bonds is 3. The monoisotopic (exact) mass is 299 g/mol. The largest absolute Gasteiger partial charge is 0.320 e. The van der Waals surface area contributed by atoms with Crippen molar-refractivity contribution in [2.75, 3.05) is 5.32 Å². The third-order valence-electron chi connectivity index (χ3n) is 3.11. The van der Waals surface area contributed by atoms with E-state index in [0.717, 1.165) is 12.1 Å². The first kappa shape index (κ1) is 13.9. The summed E-state index contributed by atoms with van der Waals surface area (Å²) in [5.41, 5.74) is 0.965. The van der Waals surface area contributed by atoms with Crippen molar-refractivity contribution in [3.05, 3.63) is 78.4 Å². The fourth-order valence-electron chi connectivity index (χ4n) is 2.07. The second-order valence-corrected chi connectivity index (χ2v) is 4.57. The van der Waals surface area contributed by atoms with Crippen LogP contribution in [0.25, 0.3) is 5.69 Å². The molecule has 1 heterocycles. The van der Waals surface area contributed by atoms with Crippen molar-refractivity contribution < 1.29 is 13.6 Å². The maximum absolute atomic E-state index is 13.7. The second-order valence-electron chi connectivity index (χ2n) is 4.57. The zero-order valence-electron chi connectivity index (χ0n) is 11.3. The Kier molecular flexibility index (Phi) is 3.65. The summed E-state index contributed by atoms with van der Waals surface area (Å²) >= 11 is 0. The molecular weight excluding hydrogens is 288 g/mol. The Morgan fingerprint density at radius 2 is 1.95 bits per heavy atom. The summed E-state index contributed by atoms with van der Waals surface area (Å²) in [5.74, 6) is -2.28. The first-order valence-corrected chi connectivity index (χ1v) is 6.49. The van der Waals surface area contributed by atoms with Crippen LogP contribution in [0.4, 0.5) is 14.5 Å². The third kappa shape index (κ3) is 2.71. The number of amides is 1. The summed E-state index contributed by atoms with van der Waals surface area (Å²) in [5, 5.41) is 2.63. The van der Waals surface area contributed by atoms with Gasteiger partial charge in [-0.1, -0.05) is 12.1 Å². The van der Waals surface area contributed by atoms with E-state index >= 15 is 0 Å². The smallest absolute Gasteiger partial charge is 0.258 e. The Labute approximate surface area is 125 Å². The van der Waals surface area contributed by atoms with Crippen LogP contribution in [0.3, 0.4) is 0 Å². The van der Waals surface area contributed by atoms with Gasteiger partial charge in [0.05, 0.1) is 23.3 Å². The standard InChI is InChI=1S/C16H11F2N3O/c17-11-5-6-12(13(18)9-11)16(22)20-14-3-1-2-4-15(14)21-8-7-19-10-21/h1-10H,(H,20,22). The number of carbonyl (C=O) groups excluding carboxylic acids is 1. The molecule has 6 heteroatoms. The Balaban J connectivity index is 1.92. The van der Waals surface area contributed by atoms with Crippen LogP contribution in [0.1, 0.15) is 10.4 Å². The highest BCUT2D eigenvalue weighted by Gasteiger charge is 2.14. The van der Waals surface area contributed by atoms with Gasteiger partial charge < -0.3 is 9.88 Å². The minimum atomic E-state index is -0.905. The van der Waals surface area contributed by atoms with Crippen molar-refractivity contribution in [3.63, 3.8) is 0 Å². The van der Waals surface area contributed by atoms with Gasteiger partial charge in [-0.2, -0.15) is 0 Å². The van der Waals surface area contributed by atoms with E-state index in [1.165, 1.54) is 0 Å². The SMILES string of the molecule is O=C(Nc1ccccc1-n1ccnc1)c1ccc(F)cc1F. The summed E-state index contributed by atoms with van der Waals surface area (Å²) in [6, 6.07) is 9.86. The molecule has 1 amide bonds. The topological polar surface area (TPSA) is 46.9 Å². The summed E-state index contributed by atoms with van der Waals surface area (Å²) in [6.07, 6.45) is 4.92. The number of para-hydroxylation sites is 2. The van der Waals surface area contributed by atoms with E-state index in [1.54, 1.807) is 41.5 Å². The number of benzene rings is 2. The van der Waals surface area contributed by atoms with Crippen molar-refractivity contribution in [1.29, 1.82) is 0 Å². The van der Waals surface area contributed by atoms with Gasteiger partial charge in [0.2, 0.25) is 0 Å². The van der Waals surface area contributed by atoms with Gasteiger partial charge in [0, 0.05) is 18.5 Å². The average molecular weight is 299 g/mol. The Bertz CT molecular complexity index is 816. The lowest BCUT2D eigenvalue weighted by Gasteiger charge is -2.11. The molecule has 0 saturated heterocycles. The molecule has 0 aliphatic rings. The molecule has 0 aliphatic carbocycles. The molecule has 1 aromatic heterocycles. The van der Waals surface area contributed by atoms with Gasteiger partial charge in [0.1, 0.15) is 11.6 Å².